The number of amides is 2. The van der Waals surface area contributed by atoms with Crippen LogP contribution in [-0.4, -0.2) is 23.0 Å². The second-order valence-electron chi connectivity index (χ2n) is 3.91. The van der Waals surface area contributed by atoms with Crippen LogP contribution in [0.2, 0.25) is 0 Å². The molecule has 0 saturated carbocycles. The highest BCUT2D eigenvalue weighted by Gasteiger charge is 2.35. The Bertz CT molecular complexity index is 171. The minimum atomic E-state index is -0.204. The first-order valence-corrected chi connectivity index (χ1v) is 4.87. The van der Waals surface area contributed by atoms with E-state index in [0.29, 0.717) is 12.1 Å². The Balaban J connectivity index is 2.13. The Morgan fingerprint density at radius 2 is 1.50 bits per heavy atom. The van der Waals surface area contributed by atoms with Crippen molar-refractivity contribution in [2.24, 2.45) is 5.73 Å². The first-order valence-electron chi connectivity index (χ1n) is 4.87. The number of nitrogens with two attached hydrogens (primary N) is 1. The molecular formula is C9H16N2O. The Morgan fingerprint density at radius 1 is 1.08 bits per heavy atom. The number of fused-ring (bicyclic) bond motifs is 2. The molecule has 2 fully saturated rings. The standard InChI is InChI=1S/C9H16N2O/c10-9(12)11-7-3-1-4-8(11)6-2-5-7/h7-8H,1-6H2,(H2,10,12). The fraction of sp³-hybridized carbons (Fsp3) is 0.889. The van der Waals surface area contributed by atoms with Crippen molar-refractivity contribution in [1.29, 1.82) is 0 Å². The molecule has 2 rings (SSSR count). The van der Waals surface area contributed by atoms with Crippen LogP contribution in [0.25, 0.3) is 0 Å². The topological polar surface area (TPSA) is 46.3 Å². The van der Waals surface area contributed by atoms with Gasteiger partial charge in [0, 0.05) is 12.1 Å². The number of carbonyl (C=O) groups excluding carboxylic acids is 1. The summed E-state index contributed by atoms with van der Waals surface area (Å²) in [7, 11) is 0. The van der Waals surface area contributed by atoms with Crippen molar-refractivity contribution in [3.63, 3.8) is 0 Å². The summed E-state index contributed by atoms with van der Waals surface area (Å²) >= 11 is 0. The third-order valence-corrected chi connectivity index (χ3v) is 3.19. The largest absolute Gasteiger partial charge is 0.351 e. The molecule has 0 aromatic heterocycles. The van der Waals surface area contributed by atoms with Gasteiger partial charge in [0.2, 0.25) is 0 Å². The minimum Gasteiger partial charge on any atom is -0.351 e. The monoisotopic (exact) mass is 168 g/mol. The number of rotatable bonds is 0. The maximum Gasteiger partial charge on any atom is 0.315 e. The molecule has 0 atom stereocenters. The first-order chi connectivity index (χ1) is 5.79. The summed E-state index contributed by atoms with van der Waals surface area (Å²) in [5.41, 5.74) is 5.34. The van der Waals surface area contributed by atoms with Crippen LogP contribution in [-0.2, 0) is 0 Å². The van der Waals surface area contributed by atoms with Gasteiger partial charge < -0.3 is 10.6 Å². The van der Waals surface area contributed by atoms with E-state index >= 15 is 0 Å². The lowest BCUT2D eigenvalue weighted by Crippen LogP contribution is -2.54. The average molecular weight is 168 g/mol. The number of piperidine rings is 2. The second-order valence-corrected chi connectivity index (χ2v) is 3.91. The van der Waals surface area contributed by atoms with Crippen LogP contribution in [0, 0.1) is 0 Å². The van der Waals surface area contributed by atoms with Gasteiger partial charge in [-0.05, 0) is 38.5 Å². The van der Waals surface area contributed by atoms with E-state index in [4.69, 9.17) is 5.73 Å². The van der Waals surface area contributed by atoms with E-state index in [2.05, 4.69) is 0 Å². The summed E-state index contributed by atoms with van der Waals surface area (Å²) in [6.07, 6.45) is 7.22. The molecule has 2 aliphatic rings. The molecule has 3 nitrogen and oxygen atoms in total. The average Bonchev–Trinajstić information content (AvgIpc) is 2.02. The van der Waals surface area contributed by atoms with Crippen molar-refractivity contribution in [1.82, 2.24) is 4.90 Å². The van der Waals surface area contributed by atoms with Gasteiger partial charge in [-0.15, -0.1) is 0 Å². The zero-order valence-corrected chi connectivity index (χ0v) is 7.33. The zero-order valence-electron chi connectivity index (χ0n) is 7.33. The predicted octanol–water partition coefficient (Wildman–Crippen LogP) is 1.47. The summed E-state index contributed by atoms with van der Waals surface area (Å²) in [6.45, 7) is 0. The molecule has 0 aliphatic carbocycles. The van der Waals surface area contributed by atoms with Crippen LogP contribution in [0.15, 0.2) is 0 Å². The van der Waals surface area contributed by atoms with Gasteiger partial charge in [0.05, 0.1) is 0 Å². The number of urea groups is 1. The normalized spacial score (nSPS) is 34.8. The van der Waals surface area contributed by atoms with Crippen LogP contribution in [0.1, 0.15) is 38.5 Å². The highest BCUT2D eigenvalue weighted by Crippen LogP contribution is 2.33. The number of primary amides is 1. The van der Waals surface area contributed by atoms with E-state index < -0.39 is 0 Å². The molecule has 2 N–H and O–H groups in total. The SMILES string of the molecule is NC(=O)N1C2CCCC1CCC2. The van der Waals surface area contributed by atoms with Crippen LogP contribution < -0.4 is 5.73 Å². The smallest absolute Gasteiger partial charge is 0.315 e. The molecular weight excluding hydrogens is 152 g/mol. The van der Waals surface area contributed by atoms with Crippen LogP contribution >= 0.6 is 0 Å². The fourth-order valence-corrected chi connectivity index (χ4v) is 2.68. The van der Waals surface area contributed by atoms with E-state index in [1.165, 1.54) is 38.5 Å². The molecule has 2 bridgehead atoms. The highest BCUT2D eigenvalue weighted by atomic mass is 16.2. The van der Waals surface area contributed by atoms with Crippen molar-refractivity contribution in [3.8, 4) is 0 Å². The van der Waals surface area contributed by atoms with Crippen molar-refractivity contribution < 1.29 is 4.79 Å². The van der Waals surface area contributed by atoms with Crippen LogP contribution in [0.4, 0.5) is 4.79 Å². The molecule has 2 saturated heterocycles. The molecule has 3 heteroatoms. The Morgan fingerprint density at radius 3 is 1.75 bits per heavy atom. The molecule has 2 amide bonds. The molecule has 2 aliphatic heterocycles. The van der Waals surface area contributed by atoms with Gasteiger partial charge >= 0.3 is 6.03 Å². The zero-order chi connectivity index (χ0) is 8.55. The van der Waals surface area contributed by atoms with Crippen molar-refractivity contribution in [2.45, 2.75) is 50.6 Å². The molecule has 12 heavy (non-hydrogen) atoms. The minimum absolute atomic E-state index is 0.204. The predicted molar refractivity (Wildman–Crippen MR) is 46.7 cm³/mol. The van der Waals surface area contributed by atoms with Gasteiger partial charge in [0.15, 0.2) is 0 Å². The summed E-state index contributed by atoms with van der Waals surface area (Å²) < 4.78 is 0. The molecule has 0 aromatic rings. The summed E-state index contributed by atoms with van der Waals surface area (Å²) in [4.78, 5) is 13.0. The molecule has 0 aromatic carbocycles. The maximum absolute atomic E-state index is 11.1. The highest BCUT2D eigenvalue weighted by molar-refractivity contribution is 5.73. The quantitative estimate of drug-likeness (QED) is 0.585. The lowest BCUT2D eigenvalue weighted by molar-refractivity contribution is 0.0759. The van der Waals surface area contributed by atoms with E-state index in [9.17, 15) is 4.79 Å². The second kappa shape index (κ2) is 2.96. The number of nitrogens with zero attached hydrogens (tertiary/aromatic N) is 1. The van der Waals surface area contributed by atoms with E-state index in [0.717, 1.165) is 0 Å². The van der Waals surface area contributed by atoms with Gasteiger partial charge in [-0.1, -0.05) is 0 Å². The molecule has 2 heterocycles. The van der Waals surface area contributed by atoms with Crippen molar-refractivity contribution in [2.75, 3.05) is 0 Å². The number of carbonyl (C=O) groups is 1. The van der Waals surface area contributed by atoms with Gasteiger partial charge in [-0.3, -0.25) is 0 Å². The fourth-order valence-electron chi connectivity index (χ4n) is 2.68. The van der Waals surface area contributed by atoms with E-state index in [1.54, 1.807) is 0 Å². The first kappa shape index (κ1) is 7.90. The Labute approximate surface area is 72.9 Å². The number of hydrogen-bond donors (Lipinski definition) is 1. The maximum atomic E-state index is 11.1. The molecule has 0 unspecified atom stereocenters. The Kier molecular flexibility index (Phi) is 1.95. The van der Waals surface area contributed by atoms with Gasteiger partial charge in [0.25, 0.3) is 0 Å². The van der Waals surface area contributed by atoms with Crippen LogP contribution in [0.5, 0.6) is 0 Å². The van der Waals surface area contributed by atoms with Crippen LogP contribution in [0.3, 0.4) is 0 Å². The van der Waals surface area contributed by atoms with Gasteiger partial charge in [-0.25, -0.2) is 4.79 Å². The lowest BCUT2D eigenvalue weighted by atomic mass is 9.85. The molecule has 68 valence electrons. The molecule has 0 radical (unpaired) electrons. The summed E-state index contributed by atoms with van der Waals surface area (Å²) in [5, 5.41) is 0. The van der Waals surface area contributed by atoms with Crippen molar-refractivity contribution >= 4 is 6.03 Å². The third kappa shape index (κ3) is 1.17. The summed E-state index contributed by atoms with van der Waals surface area (Å²) in [5.74, 6) is 0. The van der Waals surface area contributed by atoms with Gasteiger partial charge in [0.1, 0.15) is 0 Å². The van der Waals surface area contributed by atoms with E-state index in [1.807, 2.05) is 4.90 Å². The van der Waals surface area contributed by atoms with Crippen molar-refractivity contribution in [3.05, 3.63) is 0 Å². The Hall–Kier alpha value is -0.730. The third-order valence-electron chi connectivity index (χ3n) is 3.19. The van der Waals surface area contributed by atoms with Gasteiger partial charge in [-0.2, -0.15) is 0 Å². The molecule has 0 spiro atoms. The number of hydrogen-bond acceptors (Lipinski definition) is 1. The lowest BCUT2D eigenvalue weighted by Gasteiger charge is -2.45. The summed E-state index contributed by atoms with van der Waals surface area (Å²) in [6, 6.07) is 0.731. The van der Waals surface area contributed by atoms with E-state index in [-0.39, 0.29) is 6.03 Å².